The summed E-state index contributed by atoms with van der Waals surface area (Å²) in [5, 5.41) is 8.22. The lowest BCUT2D eigenvalue weighted by Gasteiger charge is -2.31. The third-order valence-corrected chi connectivity index (χ3v) is 5.91. The zero-order valence-corrected chi connectivity index (χ0v) is 16.8. The van der Waals surface area contributed by atoms with Gasteiger partial charge in [0.2, 0.25) is 11.8 Å². The van der Waals surface area contributed by atoms with Crippen molar-refractivity contribution < 1.29 is 22.8 Å². The van der Waals surface area contributed by atoms with Gasteiger partial charge in [-0.25, -0.2) is 0 Å². The van der Waals surface area contributed by atoms with Gasteiger partial charge in [0, 0.05) is 12.2 Å². The summed E-state index contributed by atoms with van der Waals surface area (Å²) >= 11 is 0. The van der Waals surface area contributed by atoms with Gasteiger partial charge in [-0.1, -0.05) is 42.5 Å². The van der Waals surface area contributed by atoms with Crippen molar-refractivity contribution in [3.63, 3.8) is 0 Å². The maximum Gasteiger partial charge on any atom is 0.408 e. The molecule has 2 amide bonds. The summed E-state index contributed by atoms with van der Waals surface area (Å²) in [6.45, 7) is 0.876. The molecule has 8 heteroatoms. The van der Waals surface area contributed by atoms with Crippen molar-refractivity contribution in [2.45, 2.75) is 43.9 Å². The van der Waals surface area contributed by atoms with E-state index in [2.05, 4.69) is 10.6 Å². The van der Waals surface area contributed by atoms with Crippen LogP contribution in [0, 0.1) is 5.92 Å². The molecule has 164 valence electrons. The van der Waals surface area contributed by atoms with Crippen molar-refractivity contribution in [3.8, 4) is 0 Å². The number of hydrogen-bond acceptors (Lipinski definition) is 3. The Labute approximate surface area is 178 Å². The van der Waals surface area contributed by atoms with E-state index < -0.39 is 36.0 Å². The Morgan fingerprint density at radius 1 is 1.06 bits per heavy atom. The van der Waals surface area contributed by atoms with Gasteiger partial charge in [-0.3, -0.25) is 9.59 Å². The SMILES string of the molecule is O=C(NC(c1ccccc1)c1ccc2c(c1)NCCC2)C1CCC(C(F)(F)F)NC1=O. The highest BCUT2D eigenvalue weighted by Crippen LogP contribution is 2.31. The molecule has 2 heterocycles. The number of amides is 2. The number of carbonyl (C=O) groups is 2. The monoisotopic (exact) mass is 431 g/mol. The molecule has 2 aliphatic heterocycles. The summed E-state index contributed by atoms with van der Waals surface area (Å²) in [6, 6.07) is 12.9. The summed E-state index contributed by atoms with van der Waals surface area (Å²) in [7, 11) is 0. The van der Waals surface area contributed by atoms with Gasteiger partial charge in [-0.15, -0.1) is 0 Å². The number of fused-ring (bicyclic) bond motifs is 1. The average Bonchev–Trinajstić information content (AvgIpc) is 2.77. The van der Waals surface area contributed by atoms with E-state index >= 15 is 0 Å². The summed E-state index contributed by atoms with van der Waals surface area (Å²) < 4.78 is 38.7. The molecule has 2 aromatic rings. The van der Waals surface area contributed by atoms with E-state index in [0.717, 1.165) is 36.2 Å². The predicted molar refractivity (Wildman–Crippen MR) is 110 cm³/mol. The second-order valence-corrected chi connectivity index (χ2v) is 8.03. The fraction of sp³-hybridized carbons (Fsp3) is 0.391. The molecular formula is C23H24F3N3O2. The lowest BCUT2D eigenvalue weighted by Crippen LogP contribution is -2.54. The molecule has 1 saturated heterocycles. The van der Waals surface area contributed by atoms with E-state index in [1.165, 1.54) is 5.56 Å². The van der Waals surface area contributed by atoms with Crippen LogP contribution in [0.1, 0.15) is 42.0 Å². The highest BCUT2D eigenvalue weighted by atomic mass is 19.4. The number of aryl methyl sites for hydroxylation is 1. The number of nitrogens with one attached hydrogen (secondary N) is 3. The number of halogens is 3. The van der Waals surface area contributed by atoms with Crippen LogP contribution in [0.25, 0.3) is 0 Å². The van der Waals surface area contributed by atoms with Gasteiger partial charge in [0.25, 0.3) is 0 Å². The molecule has 3 unspecified atom stereocenters. The van der Waals surface area contributed by atoms with E-state index in [9.17, 15) is 22.8 Å². The van der Waals surface area contributed by atoms with Gasteiger partial charge < -0.3 is 16.0 Å². The normalized spacial score (nSPS) is 22.0. The Hall–Kier alpha value is -3.03. The fourth-order valence-corrected chi connectivity index (χ4v) is 4.21. The molecule has 3 N–H and O–H groups in total. The lowest BCUT2D eigenvalue weighted by molar-refractivity contribution is -0.171. The molecule has 0 saturated carbocycles. The van der Waals surface area contributed by atoms with Crippen molar-refractivity contribution in [2.24, 2.45) is 5.92 Å². The minimum absolute atomic E-state index is 0.144. The first-order chi connectivity index (χ1) is 14.8. The number of anilines is 1. The summed E-state index contributed by atoms with van der Waals surface area (Å²) in [6.07, 6.45) is -2.94. The minimum atomic E-state index is -4.51. The topological polar surface area (TPSA) is 70.2 Å². The lowest BCUT2D eigenvalue weighted by atomic mass is 9.90. The van der Waals surface area contributed by atoms with Gasteiger partial charge in [0.15, 0.2) is 0 Å². The number of piperidine rings is 1. The molecule has 0 spiro atoms. The highest BCUT2D eigenvalue weighted by Gasteiger charge is 2.46. The van der Waals surface area contributed by atoms with Crippen molar-refractivity contribution >= 4 is 17.5 Å². The van der Waals surface area contributed by atoms with Crippen LogP contribution in [0.3, 0.4) is 0 Å². The van der Waals surface area contributed by atoms with Crippen LogP contribution in [0.2, 0.25) is 0 Å². The molecule has 0 aliphatic carbocycles. The molecule has 5 nitrogen and oxygen atoms in total. The van der Waals surface area contributed by atoms with E-state index in [-0.39, 0.29) is 12.8 Å². The van der Waals surface area contributed by atoms with Gasteiger partial charge in [0.1, 0.15) is 12.0 Å². The standard InChI is InChI=1S/C23H24F3N3O2/c24-23(25,26)19-11-10-17(21(30)28-19)22(31)29-20(15-5-2-1-3-6-15)16-9-8-14-7-4-12-27-18(14)13-16/h1-3,5-6,8-9,13,17,19-20,27H,4,7,10-12H2,(H,28,30)(H,29,31). The quantitative estimate of drug-likeness (QED) is 0.647. The first-order valence-corrected chi connectivity index (χ1v) is 10.4. The fourth-order valence-electron chi connectivity index (χ4n) is 4.21. The molecule has 0 radical (unpaired) electrons. The van der Waals surface area contributed by atoms with E-state index in [0.29, 0.717) is 0 Å². The molecule has 0 bridgehead atoms. The van der Waals surface area contributed by atoms with Crippen LogP contribution in [0.15, 0.2) is 48.5 Å². The third kappa shape index (κ3) is 4.68. The Morgan fingerprint density at radius 3 is 2.55 bits per heavy atom. The van der Waals surface area contributed by atoms with E-state index in [1.807, 2.05) is 53.8 Å². The van der Waals surface area contributed by atoms with Gasteiger partial charge in [0.05, 0.1) is 6.04 Å². The molecule has 3 atom stereocenters. The summed E-state index contributed by atoms with van der Waals surface area (Å²) in [5.41, 5.74) is 3.90. The Balaban J connectivity index is 1.56. The number of rotatable bonds is 4. The van der Waals surface area contributed by atoms with E-state index in [1.54, 1.807) is 0 Å². The largest absolute Gasteiger partial charge is 0.408 e. The van der Waals surface area contributed by atoms with Gasteiger partial charge >= 0.3 is 6.18 Å². The number of carbonyl (C=O) groups excluding carboxylic acids is 2. The van der Waals surface area contributed by atoms with Crippen LogP contribution in [0.5, 0.6) is 0 Å². The van der Waals surface area contributed by atoms with Crippen LogP contribution < -0.4 is 16.0 Å². The zero-order chi connectivity index (χ0) is 22.0. The first-order valence-electron chi connectivity index (χ1n) is 10.4. The first kappa shape index (κ1) is 21.2. The maximum absolute atomic E-state index is 12.9. The van der Waals surface area contributed by atoms with Crippen molar-refractivity contribution in [3.05, 3.63) is 65.2 Å². The van der Waals surface area contributed by atoms with Crippen molar-refractivity contribution in [2.75, 3.05) is 11.9 Å². The third-order valence-electron chi connectivity index (χ3n) is 5.91. The number of benzene rings is 2. The van der Waals surface area contributed by atoms with Crippen LogP contribution in [-0.4, -0.2) is 30.6 Å². The van der Waals surface area contributed by atoms with Crippen molar-refractivity contribution in [1.29, 1.82) is 0 Å². The zero-order valence-electron chi connectivity index (χ0n) is 16.8. The Bertz CT molecular complexity index is 962. The predicted octanol–water partition coefficient (Wildman–Crippen LogP) is 3.71. The van der Waals surface area contributed by atoms with Crippen LogP contribution in [0.4, 0.5) is 18.9 Å². The summed E-state index contributed by atoms with van der Waals surface area (Å²) in [5.74, 6) is -2.61. The smallest absolute Gasteiger partial charge is 0.385 e. The van der Waals surface area contributed by atoms with Gasteiger partial charge in [-0.05, 0) is 48.4 Å². The second kappa shape index (κ2) is 8.61. The Kier molecular flexibility index (Phi) is 5.89. The number of hydrogen-bond donors (Lipinski definition) is 3. The maximum atomic E-state index is 12.9. The molecule has 2 aliphatic rings. The Morgan fingerprint density at radius 2 is 1.84 bits per heavy atom. The average molecular weight is 431 g/mol. The summed E-state index contributed by atoms with van der Waals surface area (Å²) in [4.78, 5) is 25.2. The molecule has 31 heavy (non-hydrogen) atoms. The second-order valence-electron chi connectivity index (χ2n) is 8.03. The molecular weight excluding hydrogens is 407 g/mol. The minimum Gasteiger partial charge on any atom is -0.385 e. The van der Waals surface area contributed by atoms with Crippen molar-refractivity contribution in [1.82, 2.24) is 10.6 Å². The molecule has 4 rings (SSSR count). The van der Waals surface area contributed by atoms with Crippen LogP contribution >= 0.6 is 0 Å². The highest BCUT2D eigenvalue weighted by molar-refractivity contribution is 6.01. The number of alkyl halides is 3. The molecule has 1 fully saturated rings. The van der Waals surface area contributed by atoms with E-state index in [4.69, 9.17) is 0 Å². The van der Waals surface area contributed by atoms with Gasteiger partial charge in [-0.2, -0.15) is 13.2 Å². The molecule has 2 aromatic carbocycles. The van der Waals surface area contributed by atoms with Crippen LogP contribution in [-0.2, 0) is 16.0 Å². The molecule has 0 aromatic heterocycles.